The minimum atomic E-state index is -0.152. The molecule has 1 fully saturated rings. The van der Waals surface area contributed by atoms with E-state index < -0.39 is 0 Å². The first-order valence-corrected chi connectivity index (χ1v) is 8.26. The fourth-order valence-corrected chi connectivity index (χ4v) is 3.54. The lowest BCUT2D eigenvalue weighted by atomic mass is 9.67. The first-order chi connectivity index (χ1) is 9.86. The standard InChI is InChI=1S/C17H33N3O/c1-7-9-12(2)15(20-21)13(3)14(4)17(5,6)16-18-10-8-11-19-16/h7,12-16,18-19H,1,8-11H2,2-6H3/t12-,13-,14+,15-/m0/s1. The molecular formula is C17H33N3O. The van der Waals surface area contributed by atoms with Gasteiger partial charge in [0.1, 0.15) is 0 Å². The molecule has 1 aliphatic rings. The van der Waals surface area contributed by atoms with Crippen LogP contribution in [0.15, 0.2) is 17.8 Å². The Morgan fingerprint density at radius 2 is 1.86 bits per heavy atom. The molecule has 0 saturated carbocycles. The van der Waals surface area contributed by atoms with Crippen LogP contribution in [-0.2, 0) is 0 Å². The summed E-state index contributed by atoms with van der Waals surface area (Å²) in [4.78, 5) is 11.4. The molecule has 1 heterocycles. The van der Waals surface area contributed by atoms with Crippen LogP contribution < -0.4 is 10.6 Å². The minimum absolute atomic E-state index is 0.0661. The normalized spacial score (nSPS) is 23.1. The molecule has 0 aromatic carbocycles. The quantitative estimate of drug-likeness (QED) is 0.532. The molecular weight excluding hydrogens is 262 g/mol. The van der Waals surface area contributed by atoms with Crippen LogP contribution in [0.2, 0.25) is 0 Å². The highest BCUT2D eigenvalue weighted by Gasteiger charge is 2.41. The first kappa shape index (κ1) is 18.3. The van der Waals surface area contributed by atoms with Crippen molar-refractivity contribution in [1.82, 2.24) is 10.6 Å². The monoisotopic (exact) mass is 295 g/mol. The van der Waals surface area contributed by atoms with Crippen molar-refractivity contribution in [2.75, 3.05) is 13.1 Å². The van der Waals surface area contributed by atoms with Gasteiger partial charge in [-0.25, -0.2) is 0 Å². The maximum atomic E-state index is 11.4. The van der Waals surface area contributed by atoms with E-state index in [1.807, 2.05) is 6.08 Å². The molecule has 1 rings (SSSR count). The predicted molar refractivity (Wildman–Crippen MR) is 90.1 cm³/mol. The van der Waals surface area contributed by atoms with E-state index in [2.05, 4.69) is 57.0 Å². The zero-order valence-corrected chi connectivity index (χ0v) is 14.4. The van der Waals surface area contributed by atoms with Crippen molar-refractivity contribution in [3.8, 4) is 0 Å². The summed E-state index contributed by atoms with van der Waals surface area (Å²) in [5.41, 5.74) is 0.0661. The summed E-state index contributed by atoms with van der Waals surface area (Å²) in [6, 6.07) is -0.152. The molecule has 4 heteroatoms. The predicted octanol–water partition coefficient (Wildman–Crippen LogP) is 3.54. The molecule has 0 aliphatic carbocycles. The topological polar surface area (TPSA) is 53.5 Å². The van der Waals surface area contributed by atoms with Crippen molar-refractivity contribution in [3.05, 3.63) is 17.6 Å². The zero-order valence-electron chi connectivity index (χ0n) is 14.4. The smallest absolute Gasteiger partial charge is 0.0976 e. The van der Waals surface area contributed by atoms with Crippen molar-refractivity contribution >= 4 is 0 Å². The Kier molecular flexibility index (Phi) is 7.01. The number of nitroso groups, excluding NO2 is 1. The van der Waals surface area contributed by atoms with Gasteiger partial charge in [0.2, 0.25) is 0 Å². The van der Waals surface area contributed by atoms with Crippen LogP contribution in [0.3, 0.4) is 0 Å². The van der Waals surface area contributed by atoms with Gasteiger partial charge >= 0.3 is 0 Å². The maximum absolute atomic E-state index is 11.4. The van der Waals surface area contributed by atoms with E-state index in [0.717, 1.165) is 19.5 Å². The molecule has 1 saturated heterocycles. The van der Waals surface area contributed by atoms with E-state index in [4.69, 9.17) is 0 Å². The van der Waals surface area contributed by atoms with Crippen molar-refractivity contribution in [3.63, 3.8) is 0 Å². The summed E-state index contributed by atoms with van der Waals surface area (Å²) >= 11 is 0. The van der Waals surface area contributed by atoms with E-state index in [-0.39, 0.29) is 23.3 Å². The van der Waals surface area contributed by atoms with Crippen molar-refractivity contribution in [2.24, 2.45) is 28.3 Å². The number of nitrogens with zero attached hydrogens (tertiary/aromatic N) is 1. The van der Waals surface area contributed by atoms with Gasteiger partial charge in [-0.2, -0.15) is 4.91 Å². The summed E-state index contributed by atoms with van der Waals surface area (Å²) in [7, 11) is 0. The van der Waals surface area contributed by atoms with Crippen molar-refractivity contribution in [1.29, 1.82) is 0 Å². The molecule has 21 heavy (non-hydrogen) atoms. The molecule has 0 spiro atoms. The highest BCUT2D eigenvalue weighted by molar-refractivity contribution is 4.94. The van der Waals surface area contributed by atoms with Crippen LogP contribution in [-0.4, -0.2) is 25.3 Å². The number of allylic oxidation sites excluding steroid dienone is 1. The van der Waals surface area contributed by atoms with Gasteiger partial charge in [0.05, 0.1) is 12.2 Å². The lowest BCUT2D eigenvalue weighted by molar-refractivity contribution is 0.0647. The molecule has 0 unspecified atom stereocenters. The molecule has 4 atom stereocenters. The van der Waals surface area contributed by atoms with E-state index in [9.17, 15) is 4.91 Å². The Morgan fingerprint density at radius 1 is 1.29 bits per heavy atom. The van der Waals surface area contributed by atoms with Gasteiger partial charge in [0, 0.05) is 0 Å². The number of nitrogens with one attached hydrogen (secondary N) is 2. The highest BCUT2D eigenvalue weighted by Crippen LogP contribution is 2.39. The summed E-state index contributed by atoms with van der Waals surface area (Å²) < 4.78 is 0. The van der Waals surface area contributed by atoms with E-state index >= 15 is 0 Å². The third-order valence-corrected chi connectivity index (χ3v) is 5.54. The molecule has 122 valence electrons. The summed E-state index contributed by atoms with van der Waals surface area (Å²) in [5, 5.41) is 10.6. The molecule has 0 aromatic heterocycles. The third kappa shape index (κ3) is 4.36. The molecule has 0 radical (unpaired) electrons. The first-order valence-electron chi connectivity index (χ1n) is 8.26. The zero-order chi connectivity index (χ0) is 16.0. The average Bonchev–Trinajstić information content (AvgIpc) is 2.48. The van der Waals surface area contributed by atoms with Crippen LogP contribution in [0.25, 0.3) is 0 Å². The van der Waals surface area contributed by atoms with E-state index in [1.165, 1.54) is 6.42 Å². The van der Waals surface area contributed by atoms with Gasteiger partial charge in [0.15, 0.2) is 0 Å². The molecule has 0 bridgehead atoms. The number of hydrogen-bond acceptors (Lipinski definition) is 4. The fraction of sp³-hybridized carbons (Fsp3) is 0.882. The second-order valence-corrected chi connectivity index (χ2v) is 7.26. The van der Waals surface area contributed by atoms with Crippen LogP contribution >= 0.6 is 0 Å². The van der Waals surface area contributed by atoms with Gasteiger partial charge in [-0.3, -0.25) is 0 Å². The molecule has 1 aliphatic heterocycles. The second-order valence-electron chi connectivity index (χ2n) is 7.26. The Labute approximate surface area is 130 Å². The van der Waals surface area contributed by atoms with Crippen LogP contribution in [0.1, 0.15) is 47.5 Å². The lowest BCUT2D eigenvalue weighted by Crippen LogP contribution is -2.59. The Hall–Kier alpha value is -0.740. The van der Waals surface area contributed by atoms with Gasteiger partial charge in [-0.05, 0) is 49.1 Å². The van der Waals surface area contributed by atoms with E-state index in [1.54, 1.807) is 0 Å². The third-order valence-electron chi connectivity index (χ3n) is 5.54. The lowest BCUT2D eigenvalue weighted by Gasteiger charge is -2.45. The Bertz CT molecular complexity index is 337. The highest BCUT2D eigenvalue weighted by atomic mass is 16.3. The summed E-state index contributed by atoms with van der Waals surface area (Å²) in [5.74, 6) is 0.883. The number of hydrogen-bond donors (Lipinski definition) is 2. The fourth-order valence-electron chi connectivity index (χ4n) is 3.54. The van der Waals surface area contributed by atoms with E-state index in [0.29, 0.717) is 12.1 Å². The molecule has 0 amide bonds. The largest absolute Gasteiger partial charge is 0.301 e. The Morgan fingerprint density at radius 3 is 2.33 bits per heavy atom. The second kappa shape index (κ2) is 8.04. The van der Waals surface area contributed by atoms with Gasteiger partial charge in [-0.1, -0.05) is 45.9 Å². The van der Waals surface area contributed by atoms with Gasteiger partial charge < -0.3 is 10.6 Å². The van der Waals surface area contributed by atoms with Gasteiger partial charge in [0.25, 0.3) is 0 Å². The number of rotatable bonds is 8. The van der Waals surface area contributed by atoms with Crippen molar-refractivity contribution < 1.29 is 0 Å². The molecule has 4 nitrogen and oxygen atoms in total. The van der Waals surface area contributed by atoms with Gasteiger partial charge in [-0.15, -0.1) is 6.58 Å². The molecule has 0 aromatic rings. The summed E-state index contributed by atoms with van der Waals surface area (Å²) in [6.45, 7) is 17.0. The summed E-state index contributed by atoms with van der Waals surface area (Å²) in [6.07, 6.45) is 4.19. The SMILES string of the molecule is C=CC[C@H](C)[C@H](N=O)[C@@H](C)[C@@H](C)C(C)(C)C1NCCCN1. The van der Waals surface area contributed by atoms with Crippen LogP contribution in [0, 0.1) is 28.1 Å². The minimum Gasteiger partial charge on any atom is -0.301 e. The molecule has 2 N–H and O–H groups in total. The van der Waals surface area contributed by atoms with Crippen LogP contribution in [0.4, 0.5) is 0 Å². The van der Waals surface area contributed by atoms with Crippen LogP contribution in [0.5, 0.6) is 0 Å². The average molecular weight is 295 g/mol. The van der Waals surface area contributed by atoms with Crippen molar-refractivity contribution in [2.45, 2.75) is 59.7 Å². The Balaban J connectivity index is 2.79. The maximum Gasteiger partial charge on any atom is 0.0976 e.